The van der Waals surface area contributed by atoms with Gasteiger partial charge in [0.05, 0.1) is 38.5 Å². The molecule has 41 heavy (non-hydrogen) atoms. The van der Waals surface area contributed by atoms with Crippen LogP contribution in [-0.4, -0.2) is 23.4 Å². The molecule has 1 atom stereocenters. The standard InChI is InChI=1S/C31H26Cl2N2O4S2/c1-4-38-30(37)27-18(2)34-31-35(28(27)21-8-12-23(40-3)13-9-21)29(36)26(41-31)16-19-5-10-22(11-6-19)39-17-20-7-14-24(32)25(33)15-20/h5-16,28H,4,17H2,1-3H3/b26-16+/t28-/m1/s1. The number of thiazole rings is 1. The molecule has 0 amide bonds. The quantitative estimate of drug-likeness (QED) is 0.167. The van der Waals surface area contributed by atoms with E-state index in [0.717, 1.165) is 21.6 Å². The Morgan fingerprint density at radius 3 is 2.46 bits per heavy atom. The first-order valence-corrected chi connectivity index (χ1v) is 15.6. The largest absolute Gasteiger partial charge is 0.489 e. The molecule has 3 aromatic carbocycles. The summed E-state index contributed by atoms with van der Waals surface area (Å²) < 4.78 is 13.4. The Kier molecular flexibility index (Phi) is 9.04. The van der Waals surface area contributed by atoms with Gasteiger partial charge in [-0.05, 0) is 79.3 Å². The van der Waals surface area contributed by atoms with Gasteiger partial charge in [-0.15, -0.1) is 11.8 Å². The summed E-state index contributed by atoms with van der Waals surface area (Å²) in [5.74, 6) is 0.205. The Labute approximate surface area is 255 Å². The van der Waals surface area contributed by atoms with Crippen molar-refractivity contribution in [2.24, 2.45) is 4.99 Å². The fourth-order valence-corrected chi connectivity index (χ4v) is 6.28. The molecule has 0 bridgehead atoms. The Hall–Kier alpha value is -3.30. The predicted molar refractivity (Wildman–Crippen MR) is 166 cm³/mol. The lowest BCUT2D eigenvalue weighted by molar-refractivity contribution is -0.139. The van der Waals surface area contributed by atoms with Crippen LogP contribution >= 0.6 is 46.3 Å². The molecule has 0 aliphatic carbocycles. The average molecular weight is 626 g/mol. The molecule has 10 heteroatoms. The second-order valence-corrected chi connectivity index (χ2v) is 11.9. The first kappa shape index (κ1) is 29.2. The third-order valence-electron chi connectivity index (χ3n) is 6.52. The zero-order valence-electron chi connectivity index (χ0n) is 22.5. The summed E-state index contributed by atoms with van der Waals surface area (Å²) >= 11 is 15.0. The number of nitrogens with zero attached hydrogens (tertiary/aromatic N) is 2. The molecule has 0 radical (unpaired) electrons. The number of ether oxygens (including phenoxy) is 2. The van der Waals surface area contributed by atoms with Crippen LogP contribution in [0.15, 0.2) is 92.7 Å². The SMILES string of the molecule is CCOC(=O)C1=C(C)N=c2s/c(=C/c3ccc(OCc4ccc(Cl)c(Cl)c4)cc3)c(=O)n2[C@@H]1c1ccc(SC)cc1. The van der Waals surface area contributed by atoms with E-state index in [1.54, 1.807) is 42.3 Å². The molecule has 6 nitrogen and oxygen atoms in total. The zero-order chi connectivity index (χ0) is 29.1. The van der Waals surface area contributed by atoms with Gasteiger partial charge in [-0.25, -0.2) is 9.79 Å². The third kappa shape index (κ3) is 6.31. The van der Waals surface area contributed by atoms with E-state index in [-0.39, 0.29) is 12.2 Å². The summed E-state index contributed by atoms with van der Waals surface area (Å²) in [7, 11) is 0. The van der Waals surface area contributed by atoms with Crippen LogP contribution in [0.4, 0.5) is 0 Å². The maximum Gasteiger partial charge on any atom is 0.338 e. The van der Waals surface area contributed by atoms with E-state index in [9.17, 15) is 9.59 Å². The van der Waals surface area contributed by atoms with Crippen LogP contribution in [0.2, 0.25) is 10.0 Å². The summed E-state index contributed by atoms with van der Waals surface area (Å²) in [6.07, 6.45) is 3.82. The lowest BCUT2D eigenvalue weighted by atomic mass is 9.96. The highest BCUT2D eigenvalue weighted by molar-refractivity contribution is 7.98. The fourth-order valence-electron chi connectivity index (χ4n) is 4.50. The van der Waals surface area contributed by atoms with Crippen molar-refractivity contribution < 1.29 is 14.3 Å². The van der Waals surface area contributed by atoms with Gasteiger partial charge in [-0.3, -0.25) is 9.36 Å². The van der Waals surface area contributed by atoms with E-state index in [1.165, 1.54) is 11.3 Å². The first-order valence-electron chi connectivity index (χ1n) is 12.8. The van der Waals surface area contributed by atoms with E-state index in [2.05, 4.69) is 4.99 Å². The van der Waals surface area contributed by atoms with Gasteiger partial charge >= 0.3 is 5.97 Å². The molecule has 1 aliphatic rings. The molecular formula is C31H26Cl2N2O4S2. The summed E-state index contributed by atoms with van der Waals surface area (Å²) in [4.78, 5) is 33.1. The number of fused-ring (bicyclic) bond motifs is 1. The van der Waals surface area contributed by atoms with Gasteiger partial charge in [-0.1, -0.05) is 64.9 Å². The van der Waals surface area contributed by atoms with Crippen LogP contribution < -0.4 is 19.6 Å². The minimum Gasteiger partial charge on any atom is -0.489 e. The van der Waals surface area contributed by atoms with Gasteiger partial charge in [0.1, 0.15) is 12.4 Å². The molecule has 0 N–H and O–H groups in total. The number of hydrogen-bond acceptors (Lipinski definition) is 7. The minimum atomic E-state index is -0.638. The van der Waals surface area contributed by atoms with Crippen molar-refractivity contribution in [1.29, 1.82) is 0 Å². The van der Waals surface area contributed by atoms with Crippen molar-refractivity contribution in [3.05, 3.63) is 124 Å². The molecule has 0 saturated heterocycles. The number of carbonyl (C=O) groups is 1. The van der Waals surface area contributed by atoms with Gasteiger partial charge < -0.3 is 9.47 Å². The number of thioether (sulfide) groups is 1. The molecule has 210 valence electrons. The van der Waals surface area contributed by atoms with E-state index >= 15 is 0 Å². The molecule has 5 rings (SSSR count). The molecule has 0 saturated carbocycles. The number of aromatic nitrogens is 1. The third-order valence-corrected chi connectivity index (χ3v) is 8.98. The summed E-state index contributed by atoms with van der Waals surface area (Å²) in [6, 6.07) is 20.1. The highest BCUT2D eigenvalue weighted by Crippen LogP contribution is 2.31. The Morgan fingerprint density at radius 2 is 1.80 bits per heavy atom. The number of hydrogen-bond donors (Lipinski definition) is 0. The summed E-state index contributed by atoms with van der Waals surface area (Å²) in [5, 5.41) is 0.977. The van der Waals surface area contributed by atoms with E-state index in [1.807, 2.05) is 66.9 Å². The van der Waals surface area contributed by atoms with E-state index in [0.29, 0.717) is 43.0 Å². The van der Waals surface area contributed by atoms with Crippen molar-refractivity contribution in [2.75, 3.05) is 12.9 Å². The predicted octanol–water partition coefficient (Wildman–Crippen LogP) is 6.41. The zero-order valence-corrected chi connectivity index (χ0v) is 25.7. The summed E-state index contributed by atoms with van der Waals surface area (Å²) in [6.45, 7) is 4.11. The number of benzene rings is 3. The Morgan fingerprint density at radius 1 is 1.07 bits per heavy atom. The van der Waals surface area contributed by atoms with Gasteiger partial charge in [0.25, 0.3) is 5.56 Å². The van der Waals surface area contributed by atoms with Crippen LogP contribution in [0.25, 0.3) is 6.08 Å². The van der Waals surface area contributed by atoms with Crippen LogP contribution in [0, 0.1) is 0 Å². The van der Waals surface area contributed by atoms with Crippen molar-refractivity contribution in [3.63, 3.8) is 0 Å². The molecular weight excluding hydrogens is 599 g/mol. The fraction of sp³-hybridized carbons (Fsp3) is 0.194. The lowest BCUT2D eigenvalue weighted by Gasteiger charge is -2.24. The molecule has 1 aliphatic heterocycles. The van der Waals surface area contributed by atoms with Crippen molar-refractivity contribution in [2.45, 2.75) is 31.4 Å². The molecule has 4 aromatic rings. The van der Waals surface area contributed by atoms with E-state index < -0.39 is 12.0 Å². The highest BCUT2D eigenvalue weighted by atomic mass is 35.5. The highest BCUT2D eigenvalue weighted by Gasteiger charge is 2.33. The second-order valence-electron chi connectivity index (χ2n) is 9.18. The molecule has 1 aromatic heterocycles. The van der Waals surface area contributed by atoms with E-state index in [4.69, 9.17) is 32.7 Å². The normalized spacial score (nSPS) is 15.0. The topological polar surface area (TPSA) is 69.9 Å². The first-order chi connectivity index (χ1) is 19.8. The van der Waals surface area contributed by atoms with Gasteiger partial charge in [0.15, 0.2) is 4.80 Å². The molecule has 2 heterocycles. The Bertz CT molecular complexity index is 1810. The number of halogens is 2. The van der Waals surface area contributed by atoms with Crippen LogP contribution in [0.5, 0.6) is 5.75 Å². The number of carbonyl (C=O) groups excluding carboxylic acids is 1. The van der Waals surface area contributed by atoms with Gasteiger partial charge in [-0.2, -0.15) is 0 Å². The number of allylic oxidation sites excluding steroid dienone is 1. The second kappa shape index (κ2) is 12.7. The number of esters is 1. The van der Waals surface area contributed by atoms with Crippen molar-refractivity contribution >= 4 is 58.3 Å². The monoisotopic (exact) mass is 624 g/mol. The summed E-state index contributed by atoms with van der Waals surface area (Å²) in [5.41, 5.74) is 3.24. The number of rotatable bonds is 8. The van der Waals surface area contributed by atoms with Crippen LogP contribution in [0.1, 0.15) is 36.6 Å². The molecule has 0 unspecified atom stereocenters. The van der Waals surface area contributed by atoms with Gasteiger partial charge in [0, 0.05) is 4.90 Å². The maximum atomic E-state index is 13.8. The maximum absolute atomic E-state index is 13.8. The van der Waals surface area contributed by atoms with Gasteiger partial charge in [0.2, 0.25) is 0 Å². The van der Waals surface area contributed by atoms with Crippen LogP contribution in [0.3, 0.4) is 0 Å². The average Bonchev–Trinajstić information content (AvgIpc) is 3.27. The minimum absolute atomic E-state index is 0.220. The van der Waals surface area contributed by atoms with Crippen molar-refractivity contribution in [3.8, 4) is 5.75 Å². The van der Waals surface area contributed by atoms with Crippen LogP contribution in [-0.2, 0) is 16.1 Å². The Balaban J connectivity index is 1.47. The lowest BCUT2D eigenvalue weighted by Crippen LogP contribution is -2.39. The molecule has 0 fully saturated rings. The smallest absolute Gasteiger partial charge is 0.338 e. The van der Waals surface area contributed by atoms with Crippen molar-refractivity contribution in [1.82, 2.24) is 4.57 Å². The molecule has 0 spiro atoms.